The Bertz CT molecular complexity index is 769. The zero-order valence-electron chi connectivity index (χ0n) is 16.9. The van der Waals surface area contributed by atoms with Gasteiger partial charge in [-0.1, -0.05) is 62.4 Å². The van der Waals surface area contributed by atoms with Crippen LogP contribution in [0.1, 0.15) is 60.9 Å². The Labute approximate surface area is 177 Å². The smallest absolute Gasteiger partial charge is 0.251 e. The van der Waals surface area contributed by atoms with Crippen molar-refractivity contribution in [3.8, 4) is 0 Å². The van der Waals surface area contributed by atoms with Gasteiger partial charge in [-0.15, -0.1) is 11.8 Å². The summed E-state index contributed by atoms with van der Waals surface area (Å²) in [4.78, 5) is 24.5. The van der Waals surface area contributed by atoms with Gasteiger partial charge in [0, 0.05) is 23.0 Å². The van der Waals surface area contributed by atoms with Gasteiger partial charge in [-0.2, -0.15) is 0 Å². The van der Waals surface area contributed by atoms with Gasteiger partial charge in [-0.3, -0.25) is 9.59 Å². The molecule has 4 nitrogen and oxygen atoms in total. The molecular formula is C24H30N2O2S. The lowest BCUT2D eigenvalue weighted by atomic mass is 9.96. The van der Waals surface area contributed by atoms with Crippen molar-refractivity contribution in [2.24, 2.45) is 0 Å². The second-order valence-electron chi connectivity index (χ2n) is 7.62. The summed E-state index contributed by atoms with van der Waals surface area (Å²) in [5.74, 6) is 1.17. The summed E-state index contributed by atoms with van der Waals surface area (Å²) in [6, 6.07) is 17.5. The van der Waals surface area contributed by atoms with Gasteiger partial charge < -0.3 is 10.6 Å². The molecular weight excluding hydrogens is 380 g/mol. The van der Waals surface area contributed by atoms with Gasteiger partial charge >= 0.3 is 0 Å². The molecule has 29 heavy (non-hydrogen) atoms. The molecule has 154 valence electrons. The Morgan fingerprint density at radius 3 is 2.21 bits per heavy atom. The number of hydrogen-bond donors (Lipinski definition) is 2. The maximum atomic E-state index is 12.5. The molecule has 3 rings (SSSR count). The number of nitrogens with one attached hydrogen (secondary N) is 2. The Balaban J connectivity index is 1.41. The van der Waals surface area contributed by atoms with Crippen molar-refractivity contribution in [1.82, 2.24) is 5.32 Å². The molecule has 0 radical (unpaired) electrons. The molecule has 0 unspecified atom stereocenters. The van der Waals surface area contributed by atoms with Crippen LogP contribution in [0.3, 0.4) is 0 Å². The van der Waals surface area contributed by atoms with Crippen molar-refractivity contribution < 1.29 is 9.59 Å². The van der Waals surface area contributed by atoms with Gasteiger partial charge in [0.05, 0.1) is 5.75 Å². The number of amides is 2. The molecule has 0 aliphatic heterocycles. The molecule has 0 bridgehead atoms. The third-order valence-electron chi connectivity index (χ3n) is 5.22. The number of anilines is 1. The zero-order valence-corrected chi connectivity index (χ0v) is 17.7. The van der Waals surface area contributed by atoms with Crippen molar-refractivity contribution in [3.05, 3.63) is 65.7 Å². The normalized spacial score (nSPS) is 15.2. The first kappa shape index (κ1) is 21.4. The maximum Gasteiger partial charge on any atom is 0.251 e. The van der Waals surface area contributed by atoms with Gasteiger partial charge in [0.1, 0.15) is 0 Å². The van der Waals surface area contributed by atoms with Gasteiger partial charge in [0.25, 0.3) is 5.91 Å². The molecule has 1 aliphatic carbocycles. The maximum absolute atomic E-state index is 12.5. The number of benzene rings is 2. The minimum absolute atomic E-state index is 0.00333. The summed E-state index contributed by atoms with van der Waals surface area (Å²) in [5, 5.41) is 6.09. The average molecular weight is 411 g/mol. The number of para-hydroxylation sites is 1. The summed E-state index contributed by atoms with van der Waals surface area (Å²) in [6.45, 7) is 0. The first-order chi connectivity index (χ1) is 14.2. The van der Waals surface area contributed by atoms with E-state index in [1.165, 1.54) is 32.1 Å². The van der Waals surface area contributed by atoms with E-state index in [0.717, 1.165) is 29.8 Å². The highest BCUT2D eigenvalue weighted by molar-refractivity contribution is 7.99. The van der Waals surface area contributed by atoms with Crippen LogP contribution in [-0.2, 0) is 10.5 Å². The van der Waals surface area contributed by atoms with Crippen molar-refractivity contribution in [2.75, 3.05) is 11.1 Å². The third-order valence-corrected chi connectivity index (χ3v) is 6.22. The van der Waals surface area contributed by atoms with Crippen LogP contribution in [0.2, 0.25) is 0 Å². The predicted molar refractivity (Wildman–Crippen MR) is 121 cm³/mol. The Hall–Kier alpha value is -2.27. The predicted octanol–water partition coefficient (Wildman–Crippen LogP) is 5.40. The SMILES string of the molecule is O=C(CSCc1ccc(C(=O)NC2CCCCCCC2)cc1)Nc1ccccc1. The number of thioether (sulfide) groups is 1. The number of carbonyl (C=O) groups excluding carboxylic acids is 2. The molecule has 1 aliphatic rings. The van der Waals surface area contributed by atoms with E-state index < -0.39 is 0 Å². The standard InChI is InChI=1S/C24H30N2O2S/c27-23(25-21-9-7-4-8-10-21)18-29-17-19-13-15-20(16-14-19)24(28)26-22-11-5-2-1-3-6-12-22/h4,7-10,13-16,22H,1-3,5-6,11-12,17-18H2,(H,25,27)(H,26,28). The fraction of sp³-hybridized carbons (Fsp3) is 0.417. The van der Waals surface area contributed by atoms with E-state index in [-0.39, 0.29) is 11.8 Å². The van der Waals surface area contributed by atoms with Gasteiger partial charge in [0.2, 0.25) is 5.91 Å². The Morgan fingerprint density at radius 2 is 1.52 bits per heavy atom. The van der Waals surface area contributed by atoms with Crippen LogP contribution in [-0.4, -0.2) is 23.6 Å². The summed E-state index contributed by atoms with van der Waals surface area (Å²) < 4.78 is 0. The molecule has 2 N–H and O–H groups in total. The van der Waals surface area contributed by atoms with Crippen molar-refractivity contribution >= 4 is 29.3 Å². The van der Waals surface area contributed by atoms with Crippen LogP contribution in [0.5, 0.6) is 0 Å². The number of rotatable bonds is 7. The van der Waals surface area contributed by atoms with E-state index in [1.54, 1.807) is 11.8 Å². The van der Waals surface area contributed by atoms with Crippen molar-refractivity contribution in [1.29, 1.82) is 0 Å². The number of carbonyl (C=O) groups is 2. The molecule has 0 atom stereocenters. The minimum Gasteiger partial charge on any atom is -0.349 e. The van der Waals surface area contributed by atoms with Gasteiger partial charge in [-0.25, -0.2) is 0 Å². The Kier molecular flexibility index (Phi) is 8.62. The van der Waals surface area contributed by atoms with Crippen molar-refractivity contribution in [3.63, 3.8) is 0 Å². The highest BCUT2D eigenvalue weighted by Crippen LogP contribution is 2.18. The highest BCUT2D eigenvalue weighted by atomic mass is 32.2. The van der Waals surface area contributed by atoms with Gasteiger partial charge in [-0.05, 0) is 42.7 Å². The summed E-state index contributed by atoms with van der Waals surface area (Å²) in [6.07, 6.45) is 8.48. The van der Waals surface area contributed by atoms with E-state index >= 15 is 0 Å². The first-order valence-corrected chi connectivity index (χ1v) is 11.7. The summed E-state index contributed by atoms with van der Waals surface area (Å²) in [5.41, 5.74) is 2.64. The van der Waals surface area contributed by atoms with Gasteiger partial charge in [0.15, 0.2) is 0 Å². The largest absolute Gasteiger partial charge is 0.349 e. The average Bonchev–Trinajstić information content (AvgIpc) is 2.71. The highest BCUT2D eigenvalue weighted by Gasteiger charge is 2.15. The summed E-state index contributed by atoms with van der Waals surface area (Å²) in [7, 11) is 0. The summed E-state index contributed by atoms with van der Waals surface area (Å²) >= 11 is 1.57. The van der Waals surface area contributed by atoms with Crippen LogP contribution in [0.15, 0.2) is 54.6 Å². The van der Waals surface area contributed by atoms with E-state index in [2.05, 4.69) is 10.6 Å². The van der Waals surface area contributed by atoms with Crippen LogP contribution >= 0.6 is 11.8 Å². The molecule has 0 heterocycles. The lowest BCUT2D eigenvalue weighted by Crippen LogP contribution is -2.35. The molecule has 0 spiro atoms. The second-order valence-corrected chi connectivity index (χ2v) is 8.61. The fourth-order valence-electron chi connectivity index (χ4n) is 3.60. The van der Waals surface area contributed by atoms with E-state index in [9.17, 15) is 9.59 Å². The van der Waals surface area contributed by atoms with Crippen LogP contribution in [0, 0.1) is 0 Å². The lowest BCUT2D eigenvalue weighted by molar-refractivity contribution is -0.113. The zero-order chi connectivity index (χ0) is 20.3. The molecule has 0 aromatic heterocycles. The molecule has 1 saturated carbocycles. The minimum atomic E-state index is -0.00333. The quantitative estimate of drug-likeness (QED) is 0.642. The molecule has 5 heteroatoms. The third kappa shape index (κ3) is 7.58. The molecule has 2 aromatic rings. The van der Waals surface area contributed by atoms with E-state index in [4.69, 9.17) is 0 Å². The topological polar surface area (TPSA) is 58.2 Å². The second kappa shape index (κ2) is 11.7. The van der Waals surface area contributed by atoms with E-state index in [0.29, 0.717) is 17.4 Å². The Morgan fingerprint density at radius 1 is 0.862 bits per heavy atom. The first-order valence-electron chi connectivity index (χ1n) is 10.5. The number of hydrogen-bond acceptors (Lipinski definition) is 3. The van der Waals surface area contributed by atoms with Crippen LogP contribution in [0.4, 0.5) is 5.69 Å². The molecule has 1 fully saturated rings. The van der Waals surface area contributed by atoms with E-state index in [1.807, 2.05) is 54.6 Å². The monoisotopic (exact) mass is 410 g/mol. The van der Waals surface area contributed by atoms with Crippen LogP contribution < -0.4 is 10.6 Å². The lowest BCUT2D eigenvalue weighted by Gasteiger charge is -2.21. The van der Waals surface area contributed by atoms with Crippen molar-refractivity contribution in [2.45, 2.75) is 56.7 Å². The molecule has 0 saturated heterocycles. The molecule has 2 aromatic carbocycles. The molecule has 2 amide bonds. The fourth-order valence-corrected chi connectivity index (χ4v) is 4.39. The van der Waals surface area contributed by atoms with Crippen LogP contribution in [0.25, 0.3) is 0 Å².